The van der Waals surface area contributed by atoms with Gasteiger partial charge in [0.25, 0.3) is 0 Å². The quantitative estimate of drug-likeness (QED) is 0.302. The molecule has 0 amide bonds. The topological polar surface area (TPSA) is 0 Å². The Morgan fingerprint density at radius 2 is 1.00 bits per heavy atom. The molecule has 5 heavy (non-hydrogen) atoms. The van der Waals surface area contributed by atoms with Crippen molar-refractivity contribution in [2.45, 2.75) is 0 Å². The number of rotatable bonds is 0. The van der Waals surface area contributed by atoms with Crippen molar-refractivity contribution in [2.75, 3.05) is 0 Å². The molecule has 0 aliphatic carbocycles. The normalized spacial score (nSPS) is 0. The van der Waals surface area contributed by atoms with E-state index < -0.39 is 0 Å². The van der Waals surface area contributed by atoms with Crippen molar-refractivity contribution in [1.82, 2.24) is 0 Å². The summed E-state index contributed by atoms with van der Waals surface area (Å²) in [5.41, 5.74) is 0. The first-order valence-electron chi connectivity index (χ1n) is 0. The van der Waals surface area contributed by atoms with Gasteiger partial charge in [-0.3, -0.25) is 4.70 Å². The SMILES string of the molecule is F.I.[BiH3].[CaH2].[KH]. The summed E-state index contributed by atoms with van der Waals surface area (Å²) in [5.74, 6) is 0. The van der Waals surface area contributed by atoms with Crippen LogP contribution in [0.25, 0.3) is 0 Å². The van der Waals surface area contributed by atoms with Crippen LogP contribution < -0.4 is 0 Å². The van der Waals surface area contributed by atoms with Crippen LogP contribution in [-0.4, -0.2) is 115 Å². The van der Waals surface area contributed by atoms with Gasteiger partial charge >= 0.3 is 115 Å². The number of hydrogen-bond donors (Lipinski definition) is 0. The van der Waals surface area contributed by atoms with Gasteiger partial charge in [-0.1, -0.05) is 0 Å². The Morgan fingerprint density at radius 1 is 1.00 bits per heavy atom. The Hall–Kier alpha value is 4.44. The van der Waals surface area contributed by atoms with Gasteiger partial charge in [0.1, 0.15) is 0 Å². The second-order valence-corrected chi connectivity index (χ2v) is 0. The van der Waals surface area contributed by atoms with Gasteiger partial charge in [0.15, 0.2) is 0 Å². The van der Waals surface area contributed by atoms with E-state index in [1.165, 1.54) is 0 Å². The van der Waals surface area contributed by atoms with Crippen LogP contribution in [0.5, 0.6) is 0 Å². The van der Waals surface area contributed by atoms with Crippen LogP contribution in [0.2, 0.25) is 0 Å². The molecule has 0 saturated carbocycles. The van der Waals surface area contributed by atoms with Gasteiger partial charge in [0.05, 0.1) is 0 Å². The molecule has 0 bridgehead atoms. The number of hydrogen-bond acceptors (Lipinski definition) is 0. The van der Waals surface area contributed by atoms with Crippen molar-refractivity contribution in [2.24, 2.45) is 0 Å². The fourth-order valence-corrected chi connectivity index (χ4v) is 0. The first-order valence-corrected chi connectivity index (χ1v) is 0. The van der Waals surface area contributed by atoms with Gasteiger partial charge in [-0.05, 0) is 0 Å². The Bertz CT molecular complexity index is 11.6. The molecule has 0 saturated heterocycles. The molecular formula is H8BiCaFIK. The van der Waals surface area contributed by atoms with E-state index in [4.69, 9.17) is 0 Å². The molecular weight excluding hydrogens is 434 g/mol. The zero-order chi connectivity index (χ0) is 0. The Labute approximate surface area is 140 Å². The molecule has 0 fully saturated rings. The molecule has 0 N–H and O–H groups in total. The van der Waals surface area contributed by atoms with Crippen LogP contribution in [0.1, 0.15) is 0 Å². The van der Waals surface area contributed by atoms with Crippen LogP contribution in [0.15, 0.2) is 0 Å². The average Bonchev–Trinajstić information content (AvgIpc) is 0. The van der Waals surface area contributed by atoms with E-state index in [1.54, 1.807) is 0 Å². The predicted octanol–water partition coefficient (Wildman–Crippen LogP) is -1.98. The molecule has 30 valence electrons. The van der Waals surface area contributed by atoms with Crippen LogP contribution in [-0.2, 0) is 0 Å². The van der Waals surface area contributed by atoms with E-state index in [0.29, 0.717) is 0 Å². The van der Waals surface area contributed by atoms with Crippen molar-refractivity contribution in [1.29, 1.82) is 0 Å². The minimum absolute atomic E-state index is 0. The van der Waals surface area contributed by atoms with E-state index >= 15 is 0 Å². The monoisotopic (exact) mass is 442 g/mol. The first-order chi connectivity index (χ1) is 0. The molecule has 0 aromatic heterocycles. The van der Waals surface area contributed by atoms with Gasteiger partial charge in [-0.2, -0.15) is 0 Å². The molecule has 0 aliphatic heterocycles. The molecule has 0 nitrogen and oxygen atoms in total. The van der Waals surface area contributed by atoms with E-state index in [2.05, 4.69) is 0 Å². The van der Waals surface area contributed by atoms with Crippen LogP contribution in [0, 0.1) is 0 Å². The third-order valence-electron chi connectivity index (χ3n) is 0. The molecule has 0 aliphatic rings. The van der Waals surface area contributed by atoms with E-state index in [0.717, 1.165) is 0 Å². The van der Waals surface area contributed by atoms with Gasteiger partial charge in [-0.25, -0.2) is 0 Å². The molecule has 0 aromatic carbocycles. The Morgan fingerprint density at radius 3 is 1.00 bits per heavy atom. The van der Waals surface area contributed by atoms with E-state index in [1.807, 2.05) is 0 Å². The zero-order valence-electron chi connectivity index (χ0n) is 1.52. The molecule has 0 radical (unpaired) electrons. The van der Waals surface area contributed by atoms with Crippen molar-refractivity contribution < 1.29 is 4.70 Å². The summed E-state index contributed by atoms with van der Waals surface area (Å²) in [6, 6.07) is 0. The molecule has 0 rings (SSSR count). The maximum atomic E-state index is 0. The summed E-state index contributed by atoms with van der Waals surface area (Å²) >= 11 is 0. The van der Waals surface area contributed by atoms with Crippen molar-refractivity contribution in [3.8, 4) is 0 Å². The first kappa shape index (κ1) is 34.1. The predicted molar refractivity (Wildman–Crippen MR) is 43.6 cm³/mol. The summed E-state index contributed by atoms with van der Waals surface area (Å²) in [4.78, 5) is 0. The fourth-order valence-electron chi connectivity index (χ4n) is 0. The van der Waals surface area contributed by atoms with Crippen LogP contribution in [0.4, 0.5) is 4.70 Å². The number of halogens is 2. The molecule has 5 heteroatoms. The molecule has 0 unspecified atom stereocenters. The van der Waals surface area contributed by atoms with Crippen molar-refractivity contribution in [3.63, 3.8) is 0 Å². The minimum atomic E-state index is 0. The summed E-state index contributed by atoms with van der Waals surface area (Å²) in [6.07, 6.45) is 0. The molecule has 0 spiro atoms. The third-order valence-corrected chi connectivity index (χ3v) is 0. The standard InChI is InChI=1S/Bi.Ca.FH.HI.K.6H/h;;2*1H;;;;;;;. The summed E-state index contributed by atoms with van der Waals surface area (Å²) in [6.45, 7) is 0. The molecule has 0 atom stereocenters. The molecule has 0 heterocycles. The zero-order valence-corrected chi connectivity index (χ0v) is 9.35. The summed E-state index contributed by atoms with van der Waals surface area (Å²) in [7, 11) is 0. The third kappa shape index (κ3) is 17.8. The second-order valence-electron chi connectivity index (χ2n) is 0. The van der Waals surface area contributed by atoms with Crippen LogP contribution in [0.3, 0.4) is 0 Å². The Kier molecular flexibility index (Phi) is 162. The van der Waals surface area contributed by atoms with Crippen molar-refractivity contribution >= 4 is 139 Å². The second kappa shape index (κ2) is 23.7. The average molecular weight is 442 g/mol. The van der Waals surface area contributed by atoms with Crippen molar-refractivity contribution in [3.05, 3.63) is 0 Å². The van der Waals surface area contributed by atoms with Gasteiger partial charge in [0, 0.05) is 0 Å². The summed E-state index contributed by atoms with van der Waals surface area (Å²) < 4.78 is 0. The van der Waals surface area contributed by atoms with Gasteiger partial charge < -0.3 is 0 Å². The maximum absolute atomic E-state index is 0. The van der Waals surface area contributed by atoms with E-state index in [-0.39, 0.29) is 144 Å². The molecule has 0 aromatic rings. The van der Waals surface area contributed by atoms with Crippen LogP contribution >= 0.6 is 24.0 Å². The summed E-state index contributed by atoms with van der Waals surface area (Å²) in [5, 5.41) is 0. The van der Waals surface area contributed by atoms with Gasteiger partial charge in [0.2, 0.25) is 0 Å². The fraction of sp³-hybridized carbons (Fsp3) is 0. The van der Waals surface area contributed by atoms with E-state index in [9.17, 15) is 0 Å². The van der Waals surface area contributed by atoms with Gasteiger partial charge in [-0.15, -0.1) is 24.0 Å². The Balaban J connectivity index is 0.